The van der Waals surface area contributed by atoms with Crippen LogP contribution in [0.15, 0.2) is 0 Å². The van der Waals surface area contributed by atoms with Gasteiger partial charge >= 0.3 is 39.2 Å². The van der Waals surface area contributed by atoms with Crippen LogP contribution in [0, 0.1) is 0 Å². The van der Waals surface area contributed by atoms with E-state index in [-0.39, 0.29) is 18.5 Å². The van der Waals surface area contributed by atoms with E-state index in [1.807, 2.05) is 0 Å². The van der Waals surface area contributed by atoms with E-state index in [0.29, 0.717) is 0 Å². The van der Waals surface area contributed by atoms with Crippen LogP contribution in [0.4, 0.5) is 0 Å². The number of hydrogen-bond donors (Lipinski definition) is 6. The lowest BCUT2D eigenvalue weighted by Gasteiger charge is -1.98. The Kier molecular flexibility index (Phi) is 12.2. The molecule has 3 atom stereocenters. The zero-order valence-electron chi connectivity index (χ0n) is 11.7. The van der Waals surface area contributed by atoms with Crippen LogP contribution in [0.1, 0.15) is 0 Å². The molecule has 3 unspecified atom stereocenters. The maximum atomic E-state index is 11.6. The molecule has 0 heterocycles. The average Bonchev–Trinajstić information content (AvgIpc) is 2.23. The Hall–Kier alpha value is 0.472. The molecule has 0 aliphatic heterocycles. The second kappa shape index (κ2) is 11.9. The average molecular weight is 393 g/mol. The molecule has 0 rings (SSSR count). The highest BCUT2D eigenvalue weighted by molar-refractivity contribution is 7.44. The molecule has 0 spiro atoms. The Morgan fingerprint density at radius 3 is 1.05 bits per heavy atom. The minimum atomic E-state index is -3.27. The molecule has 22 heavy (non-hydrogen) atoms. The van der Waals surface area contributed by atoms with Crippen molar-refractivity contribution in [3.63, 3.8) is 0 Å². The van der Waals surface area contributed by atoms with Gasteiger partial charge in [-0.15, -0.1) is 0 Å². The summed E-state index contributed by atoms with van der Waals surface area (Å²) in [6, 6.07) is 0. The monoisotopic (exact) mass is 393 g/mol. The summed E-state index contributed by atoms with van der Waals surface area (Å²) in [6.07, 6.45) is -3.16. The Labute approximate surface area is 135 Å². The lowest BCUT2D eigenvalue weighted by Crippen LogP contribution is -2.35. The molecule has 0 amide bonds. The molecule has 0 aliphatic carbocycles. The van der Waals surface area contributed by atoms with Gasteiger partial charge in [-0.1, -0.05) is 0 Å². The lowest BCUT2D eigenvalue weighted by molar-refractivity contribution is 0.322. The number of hydrogen-bond acceptors (Lipinski definition) is 12. The summed E-state index contributed by atoms with van der Waals surface area (Å²) < 4.78 is 49.8. The van der Waals surface area contributed by atoms with Gasteiger partial charge in [0.15, 0.2) is 0 Å². The Balaban J connectivity index is 4.64. The molecule has 16 heteroatoms. The summed E-state index contributed by atoms with van der Waals surface area (Å²) in [4.78, 5) is 0. The van der Waals surface area contributed by atoms with Gasteiger partial charge in [0.1, 0.15) is 18.5 Å². The fourth-order valence-corrected chi connectivity index (χ4v) is 6.86. The molecule has 0 aromatic carbocycles. The van der Waals surface area contributed by atoms with Crippen molar-refractivity contribution in [3.8, 4) is 0 Å². The van der Waals surface area contributed by atoms with Gasteiger partial charge in [0.25, 0.3) is 0 Å². The molecule has 0 aromatic heterocycles. The number of rotatable bonds is 12. The Morgan fingerprint density at radius 2 is 0.864 bits per heavy atom. The zero-order chi connectivity index (χ0) is 17.3. The molecule has 126 valence electrons. The summed E-state index contributed by atoms with van der Waals surface area (Å²) in [7, 11) is -6.99. The van der Waals surface area contributed by atoms with Crippen molar-refractivity contribution >= 4 is 39.2 Å². The minimum Gasteiger partial charge on any atom is -0.312 e. The Morgan fingerprint density at radius 1 is 0.636 bits per heavy atom. The van der Waals surface area contributed by atoms with Gasteiger partial charge in [0.05, 0.1) is 0 Å². The van der Waals surface area contributed by atoms with Crippen LogP contribution in [-0.4, -0.2) is 52.1 Å². The van der Waals surface area contributed by atoms with Crippen LogP contribution >= 0.6 is 24.1 Å². The van der Waals surface area contributed by atoms with Crippen molar-refractivity contribution in [2.24, 2.45) is 34.4 Å². The third-order valence-corrected chi connectivity index (χ3v) is 8.74. The molecule has 0 aromatic rings. The molecule has 12 N–H and O–H groups in total. The molecule has 0 aliphatic rings. The number of nitrogens with two attached hydrogens (primary N) is 6. The van der Waals surface area contributed by atoms with Crippen molar-refractivity contribution in [2.45, 2.75) is 18.5 Å². The van der Waals surface area contributed by atoms with Gasteiger partial charge in [0, 0.05) is 0 Å². The summed E-state index contributed by atoms with van der Waals surface area (Å²) >= 11 is -3.27. The van der Waals surface area contributed by atoms with Crippen molar-refractivity contribution in [2.75, 3.05) is 18.5 Å². The smallest absolute Gasteiger partial charge is 0.312 e. The third kappa shape index (κ3) is 13.0. The van der Waals surface area contributed by atoms with E-state index in [4.69, 9.17) is 45.1 Å². The molecule has 0 saturated carbocycles. The minimum absolute atomic E-state index is 0.175. The summed E-state index contributed by atoms with van der Waals surface area (Å²) in [6.45, 7) is 0. The first-order valence-corrected chi connectivity index (χ1v) is 11.5. The molecule has 12 nitrogen and oxygen atoms in total. The normalized spacial score (nSPS) is 13.8. The zero-order valence-corrected chi connectivity index (χ0v) is 15.5. The lowest BCUT2D eigenvalue weighted by atomic mass is 10.7. The molecule has 0 saturated heterocycles. The van der Waals surface area contributed by atoms with E-state index in [0.717, 1.165) is 0 Å². The SMILES string of the molecule is NC(N)C[P+](=O)[O][Al]([O][P+](=O)CC(N)N)[O][P+](=O)CC(N)N. The maximum Gasteiger partial charge on any atom is 1.04 e. The first-order chi connectivity index (χ1) is 10.1. The van der Waals surface area contributed by atoms with E-state index in [1.165, 1.54) is 0 Å². The summed E-state index contributed by atoms with van der Waals surface area (Å²) in [5.74, 6) is 0. The van der Waals surface area contributed by atoms with Crippen LogP contribution in [0.2, 0.25) is 0 Å². The standard InChI is InChI=1S/3C2H7N2O2P.Al/c3*3-2(4)1-7(5)6;/h3*2H,1,3-4H2;/q;;;+3. The van der Waals surface area contributed by atoms with E-state index >= 15 is 0 Å². The third-order valence-electron chi connectivity index (χ3n) is 1.69. The molecule has 0 radical (unpaired) electrons. The van der Waals surface area contributed by atoms with Crippen molar-refractivity contribution in [3.05, 3.63) is 0 Å². The largest absolute Gasteiger partial charge is 1.04 e. The van der Waals surface area contributed by atoms with E-state index in [2.05, 4.69) is 0 Å². The van der Waals surface area contributed by atoms with Crippen molar-refractivity contribution in [1.29, 1.82) is 0 Å². The molecule has 0 fully saturated rings. The molecular formula is C6H21AlN6O6P3+3. The van der Waals surface area contributed by atoms with Crippen LogP contribution < -0.4 is 34.4 Å². The first-order valence-electron chi connectivity index (χ1n) is 5.98. The van der Waals surface area contributed by atoms with E-state index in [1.54, 1.807) is 0 Å². The highest BCUT2D eigenvalue weighted by Crippen LogP contribution is 2.34. The second-order valence-electron chi connectivity index (χ2n) is 4.14. The van der Waals surface area contributed by atoms with E-state index in [9.17, 15) is 13.7 Å². The summed E-state index contributed by atoms with van der Waals surface area (Å²) in [5, 5.41) is 0. The predicted octanol–water partition coefficient (Wildman–Crippen LogP) is -2.02. The van der Waals surface area contributed by atoms with Crippen LogP contribution in [-0.2, 0) is 24.4 Å². The maximum absolute atomic E-state index is 11.6. The van der Waals surface area contributed by atoms with Gasteiger partial charge < -0.3 is 34.4 Å². The summed E-state index contributed by atoms with van der Waals surface area (Å²) in [5.41, 5.74) is 31.6. The van der Waals surface area contributed by atoms with Gasteiger partial charge in [-0.2, -0.15) is 0 Å². The molecular weight excluding hydrogens is 372 g/mol. The fourth-order valence-electron chi connectivity index (χ4n) is 0.991. The van der Waals surface area contributed by atoms with Gasteiger partial charge in [-0.25, -0.2) is 10.7 Å². The van der Waals surface area contributed by atoms with Gasteiger partial charge in [-0.3, -0.25) is 0 Å². The van der Waals surface area contributed by atoms with Gasteiger partial charge in [-0.05, 0) is 13.7 Å². The quantitative estimate of drug-likeness (QED) is 0.120. The van der Waals surface area contributed by atoms with E-state index < -0.39 is 57.7 Å². The van der Waals surface area contributed by atoms with Crippen molar-refractivity contribution in [1.82, 2.24) is 0 Å². The Bertz CT molecular complexity index is 344. The first kappa shape index (κ1) is 22.5. The molecule has 0 bridgehead atoms. The predicted molar refractivity (Wildman–Crippen MR) is 82.9 cm³/mol. The van der Waals surface area contributed by atoms with Gasteiger partial charge in [0.2, 0.25) is 18.5 Å². The second-order valence-corrected chi connectivity index (χ2v) is 10.3. The fraction of sp³-hybridized carbons (Fsp3) is 1.00. The van der Waals surface area contributed by atoms with Crippen LogP contribution in [0.25, 0.3) is 0 Å². The highest BCUT2D eigenvalue weighted by Gasteiger charge is 2.56. The topological polar surface area (TPSA) is 235 Å². The van der Waals surface area contributed by atoms with Crippen molar-refractivity contribution < 1.29 is 24.4 Å². The van der Waals surface area contributed by atoms with Crippen LogP contribution in [0.3, 0.4) is 0 Å². The highest BCUT2D eigenvalue weighted by atomic mass is 31.1. The van der Waals surface area contributed by atoms with Crippen LogP contribution in [0.5, 0.6) is 0 Å².